The Kier molecular flexibility index (Phi) is 4.73. The molecule has 7 heteroatoms. The van der Waals surface area contributed by atoms with Gasteiger partial charge in [-0.25, -0.2) is 4.79 Å². The number of fused-ring (bicyclic) bond motifs is 1. The Balaban J connectivity index is 1.45. The molecule has 7 nitrogen and oxygen atoms in total. The van der Waals surface area contributed by atoms with Gasteiger partial charge in [-0.3, -0.25) is 14.5 Å². The number of amides is 2. The average Bonchev–Trinajstić information content (AvgIpc) is 3.29. The van der Waals surface area contributed by atoms with Gasteiger partial charge in [-0.1, -0.05) is 18.2 Å². The molecule has 2 heterocycles. The molecule has 2 atom stereocenters. The van der Waals surface area contributed by atoms with Crippen LogP contribution in [0.25, 0.3) is 0 Å². The number of hydrogen-bond acceptors (Lipinski definition) is 5. The van der Waals surface area contributed by atoms with Crippen LogP contribution < -0.4 is 15.5 Å². The first-order valence-corrected chi connectivity index (χ1v) is 9.22. The van der Waals surface area contributed by atoms with Crippen molar-refractivity contribution in [1.82, 2.24) is 5.32 Å². The number of anilines is 2. The third-order valence-corrected chi connectivity index (χ3v) is 5.07. The van der Waals surface area contributed by atoms with Crippen LogP contribution in [0.2, 0.25) is 0 Å². The molecule has 0 aliphatic carbocycles. The van der Waals surface area contributed by atoms with Gasteiger partial charge in [0.25, 0.3) is 0 Å². The van der Waals surface area contributed by atoms with Crippen molar-refractivity contribution in [2.24, 2.45) is 0 Å². The van der Waals surface area contributed by atoms with Crippen LogP contribution in [0.15, 0.2) is 48.5 Å². The van der Waals surface area contributed by atoms with E-state index in [1.807, 2.05) is 24.3 Å². The minimum absolute atomic E-state index is 0.0523. The van der Waals surface area contributed by atoms with Gasteiger partial charge in [0.2, 0.25) is 5.91 Å². The topological polar surface area (TPSA) is 87.7 Å². The Morgan fingerprint density at radius 3 is 2.68 bits per heavy atom. The number of ketones is 1. The molecule has 0 bridgehead atoms. The van der Waals surface area contributed by atoms with Crippen molar-refractivity contribution in [3.8, 4) is 0 Å². The lowest BCUT2D eigenvalue weighted by molar-refractivity contribution is -0.119. The molecule has 2 aliphatic heterocycles. The summed E-state index contributed by atoms with van der Waals surface area (Å²) in [5.74, 6) is -0.322. The lowest BCUT2D eigenvalue weighted by Gasteiger charge is -2.14. The first kappa shape index (κ1) is 18.0. The van der Waals surface area contributed by atoms with Gasteiger partial charge in [0.15, 0.2) is 5.78 Å². The number of cyclic esters (lactones) is 1. The maximum absolute atomic E-state index is 12.9. The highest BCUT2D eigenvalue weighted by molar-refractivity contribution is 6.03. The first-order valence-electron chi connectivity index (χ1n) is 9.22. The molecular weight excluding hydrogens is 358 g/mol. The number of nitrogens with zero attached hydrogens (tertiary/aromatic N) is 1. The fourth-order valence-electron chi connectivity index (χ4n) is 3.62. The van der Waals surface area contributed by atoms with Crippen molar-refractivity contribution in [2.45, 2.75) is 18.9 Å². The fourth-order valence-corrected chi connectivity index (χ4v) is 3.62. The smallest absolute Gasteiger partial charge is 0.414 e. The van der Waals surface area contributed by atoms with Crippen LogP contribution in [0.1, 0.15) is 28.8 Å². The molecule has 2 aromatic carbocycles. The summed E-state index contributed by atoms with van der Waals surface area (Å²) < 4.78 is 5.27. The highest BCUT2D eigenvalue weighted by Gasteiger charge is 2.33. The predicted octanol–water partition coefficient (Wildman–Crippen LogP) is 2.54. The first-order chi connectivity index (χ1) is 13.5. The SMILES string of the molecule is CC(=O)NC[C@H]1CN(c2ccc(C(=O)C3CNc4ccccc43)cc2)C(=O)O1. The highest BCUT2D eigenvalue weighted by atomic mass is 16.6. The lowest BCUT2D eigenvalue weighted by Crippen LogP contribution is -2.33. The quantitative estimate of drug-likeness (QED) is 0.780. The van der Waals surface area contributed by atoms with Crippen LogP contribution in [0.3, 0.4) is 0 Å². The molecule has 2 aliphatic rings. The van der Waals surface area contributed by atoms with Gasteiger partial charge in [-0.05, 0) is 35.9 Å². The number of carbonyl (C=O) groups excluding carboxylic acids is 3. The van der Waals surface area contributed by atoms with Crippen molar-refractivity contribution >= 4 is 29.2 Å². The van der Waals surface area contributed by atoms with Gasteiger partial charge >= 0.3 is 6.09 Å². The van der Waals surface area contributed by atoms with Crippen LogP contribution in [0.4, 0.5) is 16.2 Å². The maximum atomic E-state index is 12.9. The summed E-state index contributed by atoms with van der Waals surface area (Å²) in [4.78, 5) is 37.6. The van der Waals surface area contributed by atoms with Crippen LogP contribution in [-0.2, 0) is 9.53 Å². The Labute approximate surface area is 162 Å². The summed E-state index contributed by atoms with van der Waals surface area (Å²) in [6.45, 7) is 2.64. The molecule has 2 aromatic rings. The van der Waals surface area contributed by atoms with Crippen LogP contribution >= 0.6 is 0 Å². The van der Waals surface area contributed by atoms with E-state index >= 15 is 0 Å². The largest absolute Gasteiger partial charge is 0.442 e. The van der Waals surface area contributed by atoms with E-state index in [0.717, 1.165) is 11.3 Å². The van der Waals surface area contributed by atoms with E-state index in [2.05, 4.69) is 10.6 Å². The number of hydrogen-bond donors (Lipinski definition) is 2. The van der Waals surface area contributed by atoms with E-state index in [0.29, 0.717) is 24.3 Å². The summed E-state index contributed by atoms with van der Waals surface area (Å²) in [5, 5.41) is 5.92. The van der Waals surface area contributed by atoms with Gasteiger partial charge in [0, 0.05) is 30.4 Å². The Hall–Kier alpha value is -3.35. The second-order valence-corrected chi connectivity index (χ2v) is 6.99. The number of ether oxygens (including phenoxy) is 1. The Morgan fingerprint density at radius 2 is 1.93 bits per heavy atom. The normalized spacial score (nSPS) is 20.3. The van der Waals surface area contributed by atoms with E-state index in [1.165, 1.54) is 11.8 Å². The van der Waals surface area contributed by atoms with Crippen LogP contribution in [-0.4, -0.2) is 43.5 Å². The number of carbonyl (C=O) groups is 3. The molecule has 1 fully saturated rings. The van der Waals surface area contributed by atoms with Crippen LogP contribution in [0, 0.1) is 0 Å². The van der Waals surface area contributed by atoms with Gasteiger partial charge in [-0.15, -0.1) is 0 Å². The minimum Gasteiger partial charge on any atom is -0.442 e. The molecule has 0 spiro atoms. The molecule has 0 aromatic heterocycles. The van der Waals surface area contributed by atoms with Gasteiger partial charge in [-0.2, -0.15) is 0 Å². The second kappa shape index (κ2) is 7.34. The van der Waals surface area contributed by atoms with Crippen molar-refractivity contribution in [3.63, 3.8) is 0 Å². The average molecular weight is 379 g/mol. The van der Waals surface area contributed by atoms with Crippen LogP contribution in [0.5, 0.6) is 0 Å². The lowest BCUT2D eigenvalue weighted by atomic mass is 9.92. The zero-order valence-corrected chi connectivity index (χ0v) is 15.5. The molecule has 1 unspecified atom stereocenters. The number of rotatable bonds is 5. The zero-order chi connectivity index (χ0) is 19.7. The summed E-state index contributed by atoms with van der Waals surface area (Å²) in [7, 11) is 0. The maximum Gasteiger partial charge on any atom is 0.414 e. The molecule has 4 rings (SSSR count). The monoisotopic (exact) mass is 379 g/mol. The summed E-state index contributed by atoms with van der Waals surface area (Å²) >= 11 is 0. The Morgan fingerprint density at radius 1 is 1.18 bits per heavy atom. The van der Waals surface area contributed by atoms with Crippen molar-refractivity contribution in [3.05, 3.63) is 59.7 Å². The molecule has 2 N–H and O–H groups in total. The third-order valence-electron chi connectivity index (χ3n) is 5.07. The zero-order valence-electron chi connectivity index (χ0n) is 15.5. The number of para-hydroxylation sites is 1. The summed E-state index contributed by atoms with van der Waals surface area (Å²) in [6, 6.07) is 14.8. The highest BCUT2D eigenvalue weighted by Crippen LogP contribution is 2.33. The molecule has 0 radical (unpaired) electrons. The van der Waals surface area contributed by atoms with Gasteiger partial charge in [0.1, 0.15) is 6.10 Å². The van der Waals surface area contributed by atoms with E-state index in [-0.39, 0.29) is 24.2 Å². The number of Topliss-reactive ketones (excluding diaryl/α,β-unsaturated/α-hetero) is 1. The van der Waals surface area contributed by atoms with Crippen molar-refractivity contribution in [2.75, 3.05) is 29.9 Å². The van der Waals surface area contributed by atoms with E-state index in [4.69, 9.17) is 4.74 Å². The molecule has 144 valence electrons. The Bertz CT molecular complexity index is 926. The molecule has 1 saturated heterocycles. The van der Waals surface area contributed by atoms with E-state index in [9.17, 15) is 14.4 Å². The third kappa shape index (κ3) is 3.43. The van der Waals surface area contributed by atoms with Gasteiger partial charge in [0.05, 0.1) is 19.0 Å². The predicted molar refractivity (Wildman–Crippen MR) is 105 cm³/mol. The summed E-state index contributed by atoms with van der Waals surface area (Å²) in [6.07, 6.45) is -0.845. The summed E-state index contributed by atoms with van der Waals surface area (Å²) in [5.41, 5.74) is 3.29. The van der Waals surface area contributed by atoms with Crippen molar-refractivity contribution in [1.29, 1.82) is 0 Å². The van der Waals surface area contributed by atoms with Crippen molar-refractivity contribution < 1.29 is 19.1 Å². The van der Waals surface area contributed by atoms with E-state index < -0.39 is 12.2 Å². The molecule has 2 amide bonds. The van der Waals surface area contributed by atoms with Gasteiger partial charge < -0.3 is 15.4 Å². The van der Waals surface area contributed by atoms with E-state index in [1.54, 1.807) is 24.3 Å². The second-order valence-electron chi connectivity index (χ2n) is 6.99. The molecule has 0 saturated carbocycles. The number of benzene rings is 2. The number of nitrogens with one attached hydrogen (secondary N) is 2. The molecule has 28 heavy (non-hydrogen) atoms. The molecular formula is C21H21N3O4. The fraction of sp³-hybridized carbons (Fsp3) is 0.286. The minimum atomic E-state index is -0.455. The standard InChI is InChI=1S/C21H21N3O4/c1-13(25)22-10-16-12-24(21(27)28-16)15-8-6-14(7-9-15)20(26)18-11-23-19-5-3-2-4-17(18)19/h2-9,16,18,23H,10-12H2,1H3,(H,22,25)/t16-,18?/m0/s1.